The zero-order valence-electron chi connectivity index (χ0n) is 10.6. The number of alkyl halides is 3. The summed E-state index contributed by atoms with van der Waals surface area (Å²) in [6, 6.07) is 0. The highest BCUT2D eigenvalue weighted by atomic mass is 32.1. The summed E-state index contributed by atoms with van der Waals surface area (Å²) in [6.07, 6.45) is -1.92. The fraction of sp³-hybridized carbons (Fsp3) is 0.583. The lowest BCUT2D eigenvalue weighted by atomic mass is 10.2. The molecule has 3 nitrogen and oxygen atoms in total. The lowest BCUT2D eigenvalue weighted by molar-refractivity contribution is -0.166. The average molecular weight is 289 g/mol. The van der Waals surface area contributed by atoms with Crippen LogP contribution in [0.3, 0.4) is 0 Å². The monoisotopic (exact) mass is 289 g/mol. The van der Waals surface area contributed by atoms with Crippen molar-refractivity contribution in [2.45, 2.75) is 44.9 Å². The number of hydrogen-bond acceptors (Lipinski definition) is 3. The Morgan fingerprint density at radius 1 is 1.42 bits per heavy atom. The minimum absolute atomic E-state index is 0.167. The fourth-order valence-electron chi connectivity index (χ4n) is 2.26. The molecule has 19 heavy (non-hydrogen) atoms. The van der Waals surface area contributed by atoms with Crippen LogP contribution >= 0.6 is 11.3 Å². The number of hydrogen-bond donors (Lipinski definition) is 1. The van der Waals surface area contributed by atoms with Gasteiger partial charge in [-0.15, -0.1) is 11.3 Å². The summed E-state index contributed by atoms with van der Waals surface area (Å²) in [5, 5.41) is 2.67. The fourth-order valence-corrected chi connectivity index (χ4v) is 3.15. The lowest BCUT2D eigenvalue weighted by Gasteiger charge is -2.20. The molecule has 3 rings (SSSR count). The maximum absolute atomic E-state index is 12.9. The Balaban J connectivity index is 1.84. The minimum atomic E-state index is -4.17. The Morgan fingerprint density at radius 3 is 2.68 bits per heavy atom. The predicted molar refractivity (Wildman–Crippen MR) is 67.4 cm³/mol. The third-order valence-corrected chi connectivity index (χ3v) is 4.53. The predicted octanol–water partition coefficient (Wildman–Crippen LogP) is 3.20. The van der Waals surface area contributed by atoms with Gasteiger partial charge in [0.25, 0.3) is 0 Å². The van der Waals surface area contributed by atoms with Gasteiger partial charge in [-0.2, -0.15) is 13.2 Å². The second-order valence-electron chi connectivity index (χ2n) is 5.07. The van der Waals surface area contributed by atoms with Crippen molar-refractivity contribution in [3.63, 3.8) is 0 Å². The Morgan fingerprint density at radius 2 is 2.11 bits per heavy atom. The van der Waals surface area contributed by atoms with Crippen molar-refractivity contribution in [1.29, 1.82) is 0 Å². The largest absolute Gasteiger partial charge is 0.406 e. The Hall–Kier alpha value is -1.08. The van der Waals surface area contributed by atoms with Gasteiger partial charge in [-0.1, -0.05) is 0 Å². The SMILES string of the molecule is Cc1cn2c(CNC3(C(F)(F)F)CC3)c(C)nc2s1. The summed E-state index contributed by atoms with van der Waals surface area (Å²) in [6.45, 7) is 3.99. The van der Waals surface area contributed by atoms with Crippen molar-refractivity contribution in [1.82, 2.24) is 14.7 Å². The number of nitrogens with zero attached hydrogens (tertiary/aromatic N) is 2. The zero-order chi connectivity index (χ0) is 13.8. The van der Waals surface area contributed by atoms with Gasteiger partial charge in [0.1, 0.15) is 5.54 Å². The first-order chi connectivity index (χ1) is 8.82. The summed E-state index contributed by atoms with van der Waals surface area (Å²) in [5.41, 5.74) is -0.0686. The molecule has 1 fully saturated rings. The highest BCUT2D eigenvalue weighted by Crippen LogP contribution is 2.49. The summed E-state index contributed by atoms with van der Waals surface area (Å²) in [7, 11) is 0. The third kappa shape index (κ3) is 2.04. The van der Waals surface area contributed by atoms with Crippen LogP contribution in [-0.4, -0.2) is 21.1 Å². The van der Waals surface area contributed by atoms with Crippen molar-refractivity contribution in [3.8, 4) is 0 Å². The molecule has 0 saturated heterocycles. The van der Waals surface area contributed by atoms with Crippen LogP contribution in [0.5, 0.6) is 0 Å². The molecule has 0 aromatic carbocycles. The number of nitrogens with one attached hydrogen (secondary N) is 1. The van der Waals surface area contributed by atoms with Crippen LogP contribution in [0, 0.1) is 13.8 Å². The van der Waals surface area contributed by atoms with E-state index in [2.05, 4.69) is 10.3 Å². The number of aryl methyl sites for hydroxylation is 2. The second kappa shape index (κ2) is 3.96. The van der Waals surface area contributed by atoms with E-state index >= 15 is 0 Å². The van der Waals surface area contributed by atoms with E-state index in [4.69, 9.17) is 0 Å². The van der Waals surface area contributed by atoms with Gasteiger partial charge in [-0.25, -0.2) is 4.98 Å². The molecule has 1 aliphatic carbocycles. The van der Waals surface area contributed by atoms with Gasteiger partial charge in [-0.3, -0.25) is 9.72 Å². The number of aromatic nitrogens is 2. The van der Waals surface area contributed by atoms with E-state index in [0.29, 0.717) is 0 Å². The van der Waals surface area contributed by atoms with Gasteiger partial charge in [0, 0.05) is 17.6 Å². The summed E-state index contributed by atoms with van der Waals surface area (Å²) in [5.74, 6) is 0. The average Bonchev–Trinajstić information content (AvgIpc) is 2.92. The zero-order valence-corrected chi connectivity index (χ0v) is 11.5. The summed E-state index contributed by atoms with van der Waals surface area (Å²) >= 11 is 1.54. The van der Waals surface area contributed by atoms with Crippen molar-refractivity contribution in [3.05, 3.63) is 22.5 Å². The third-order valence-electron chi connectivity index (χ3n) is 3.63. The first-order valence-electron chi connectivity index (χ1n) is 6.08. The van der Waals surface area contributed by atoms with Crippen LogP contribution in [0.1, 0.15) is 29.1 Å². The molecular formula is C12H14F3N3S. The molecule has 0 radical (unpaired) electrons. The molecule has 1 saturated carbocycles. The molecule has 2 heterocycles. The van der Waals surface area contributed by atoms with Gasteiger partial charge in [0.2, 0.25) is 0 Å². The van der Waals surface area contributed by atoms with E-state index < -0.39 is 11.7 Å². The highest BCUT2D eigenvalue weighted by Gasteiger charge is 2.63. The smallest absolute Gasteiger partial charge is 0.298 e. The molecule has 2 aromatic rings. The molecule has 1 N–H and O–H groups in total. The Bertz CT molecular complexity index is 622. The van der Waals surface area contributed by atoms with Gasteiger partial charge >= 0.3 is 6.18 Å². The first-order valence-corrected chi connectivity index (χ1v) is 6.90. The number of halogens is 3. The molecule has 0 unspecified atom stereocenters. The van der Waals surface area contributed by atoms with E-state index in [-0.39, 0.29) is 19.4 Å². The van der Waals surface area contributed by atoms with Crippen molar-refractivity contribution < 1.29 is 13.2 Å². The number of fused-ring (bicyclic) bond motifs is 1. The lowest BCUT2D eigenvalue weighted by Crippen LogP contribution is -2.44. The molecule has 104 valence electrons. The second-order valence-corrected chi connectivity index (χ2v) is 6.28. The maximum atomic E-state index is 12.9. The summed E-state index contributed by atoms with van der Waals surface area (Å²) < 4.78 is 40.5. The summed E-state index contributed by atoms with van der Waals surface area (Å²) in [4.78, 5) is 6.31. The van der Waals surface area contributed by atoms with E-state index in [0.717, 1.165) is 21.2 Å². The first kappa shape index (κ1) is 12.9. The van der Waals surface area contributed by atoms with Gasteiger partial charge in [0.05, 0.1) is 11.4 Å². The van der Waals surface area contributed by atoms with Crippen molar-refractivity contribution >= 4 is 16.3 Å². The maximum Gasteiger partial charge on any atom is 0.406 e. The topological polar surface area (TPSA) is 29.3 Å². The van der Waals surface area contributed by atoms with Crippen LogP contribution in [-0.2, 0) is 6.54 Å². The van der Waals surface area contributed by atoms with E-state index in [1.807, 2.05) is 24.4 Å². The van der Waals surface area contributed by atoms with Crippen LogP contribution < -0.4 is 5.32 Å². The standard InChI is InChI=1S/C12H14F3N3S/c1-7-6-18-9(8(2)17-10(18)19-7)5-16-11(3-4-11)12(13,14)15/h6,16H,3-5H2,1-2H3. The van der Waals surface area contributed by atoms with Crippen molar-refractivity contribution in [2.24, 2.45) is 0 Å². The van der Waals surface area contributed by atoms with Gasteiger partial charge in [-0.05, 0) is 26.7 Å². The molecule has 1 aliphatic rings. The number of rotatable bonds is 3. The van der Waals surface area contributed by atoms with Crippen LogP contribution in [0.25, 0.3) is 4.96 Å². The quantitative estimate of drug-likeness (QED) is 0.940. The highest BCUT2D eigenvalue weighted by molar-refractivity contribution is 7.17. The normalized spacial score (nSPS) is 18.2. The van der Waals surface area contributed by atoms with Crippen LogP contribution in [0.15, 0.2) is 6.20 Å². The van der Waals surface area contributed by atoms with Gasteiger partial charge in [0.15, 0.2) is 4.96 Å². The molecule has 7 heteroatoms. The molecule has 2 aromatic heterocycles. The van der Waals surface area contributed by atoms with E-state index in [1.54, 1.807) is 11.3 Å². The molecule has 0 aliphatic heterocycles. The number of imidazole rings is 1. The van der Waals surface area contributed by atoms with Crippen LogP contribution in [0.2, 0.25) is 0 Å². The Labute approximate surface area is 112 Å². The van der Waals surface area contributed by atoms with Crippen LogP contribution in [0.4, 0.5) is 13.2 Å². The molecule has 0 bridgehead atoms. The molecule has 0 atom stereocenters. The molecular weight excluding hydrogens is 275 g/mol. The molecule has 0 amide bonds. The van der Waals surface area contributed by atoms with Crippen molar-refractivity contribution in [2.75, 3.05) is 0 Å². The van der Waals surface area contributed by atoms with Gasteiger partial charge < -0.3 is 0 Å². The van der Waals surface area contributed by atoms with E-state index in [1.165, 1.54) is 0 Å². The Kier molecular flexibility index (Phi) is 2.69. The molecule has 0 spiro atoms. The minimum Gasteiger partial charge on any atom is -0.298 e. The number of thiazole rings is 1. The van der Waals surface area contributed by atoms with E-state index in [9.17, 15) is 13.2 Å².